The molecule has 0 heterocycles. The summed E-state index contributed by atoms with van der Waals surface area (Å²) in [6.45, 7) is 0.473. The lowest BCUT2D eigenvalue weighted by molar-refractivity contribution is 0.0692. The summed E-state index contributed by atoms with van der Waals surface area (Å²) >= 11 is 0. The summed E-state index contributed by atoms with van der Waals surface area (Å²) in [6, 6.07) is 4.56. The summed E-state index contributed by atoms with van der Waals surface area (Å²) in [5.74, 6) is -0.202. The average molecular weight is 240 g/mol. The zero-order chi connectivity index (χ0) is 12.7. The lowest BCUT2D eigenvalue weighted by Crippen LogP contribution is -2.05. The van der Waals surface area contributed by atoms with Crippen LogP contribution in [0.1, 0.15) is 23.2 Å². The van der Waals surface area contributed by atoms with Gasteiger partial charge in [0.1, 0.15) is 17.1 Å². The maximum atomic E-state index is 10.9. The Balaban J connectivity index is 2.75. The number of unbranched alkanes of at least 4 members (excludes halogenated alkanes) is 1. The van der Waals surface area contributed by atoms with Crippen LogP contribution >= 0.6 is 0 Å². The molecule has 2 N–H and O–H groups in total. The zero-order valence-corrected chi connectivity index (χ0v) is 9.68. The first-order valence-electron chi connectivity index (χ1n) is 5.34. The van der Waals surface area contributed by atoms with Gasteiger partial charge in [-0.25, -0.2) is 4.79 Å². The molecule has 0 aliphatic heterocycles. The first-order chi connectivity index (χ1) is 8.19. The molecule has 0 saturated carbocycles. The van der Waals surface area contributed by atoms with E-state index in [-0.39, 0.29) is 17.9 Å². The van der Waals surface area contributed by atoms with Gasteiger partial charge in [0.15, 0.2) is 0 Å². The van der Waals surface area contributed by atoms with Crippen LogP contribution in [0.15, 0.2) is 18.2 Å². The first kappa shape index (κ1) is 13.3. The van der Waals surface area contributed by atoms with Gasteiger partial charge in [-0.1, -0.05) is 0 Å². The summed E-state index contributed by atoms with van der Waals surface area (Å²) in [4.78, 5) is 10.9. The summed E-state index contributed by atoms with van der Waals surface area (Å²) < 4.78 is 10.4. The normalized spacial score (nSPS) is 10.0. The van der Waals surface area contributed by atoms with E-state index >= 15 is 0 Å². The van der Waals surface area contributed by atoms with Gasteiger partial charge in [0.05, 0.1) is 13.7 Å². The minimum absolute atomic E-state index is 0.104. The van der Waals surface area contributed by atoms with E-state index in [0.717, 1.165) is 0 Å². The van der Waals surface area contributed by atoms with Crippen LogP contribution in [0.2, 0.25) is 0 Å². The van der Waals surface area contributed by atoms with E-state index in [4.69, 9.17) is 19.7 Å². The van der Waals surface area contributed by atoms with E-state index in [9.17, 15) is 4.79 Å². The predicted molar refractivity (Wildman–Crippen MR) is 61.8 cm³/mol. The predicted octanol–water partition coefficient (Wildman–Crippen LogP) is 1.54. The van der Waals surface area contributed by atoms with Crippen molar-refractivity contribution in [2.45, 2.75) is 12.8 Å². The maximum Gasteiger partial charge on any atom is 0.339 e. The fourth-order valence-electron chi connectivity index (χ4n) is 1.32. The van der Waals surface area contributed by atoms with Crippen molar-refractivity contribution >= 4 is 5.97 Å². The van der Waals surface area contributed by atoms with Crippen LogP contribution in [-0.4, -0.2) is 36.5 Å². The Morgan fingerprint density at radius 2 is 2.12 bits per heavy atom. The Hall–Kier alpha value is -1.75. The molecule has 94 valence electrons. The van der Waals surface area contributed by atoms with Crippen LogP contribution < -0.4 is 9.47 Å². The number of aromatic carboxylic acids is 1. The molecule has 1 aromatic rings. The molecule has 5 heteroatoms. The second kappa shape index (κ2) is 6.75. The van der Waals surface area contributed by atoms with E-state index in [0.29, 0.717) is 25.2 Å². The fourth-order valence-corrected chi connectivity index (χ4v) is 1.32. The molecule has 0 radical (unpaired) electrons. The lowest BCUT2D eigenvalue weighted by Gasteiger charge is -2.10. The highest BCUT2D eigenvalue weighted by atomic mass is 16.5. The van der Waals surface area contributed by atoms with E-state index in [2.05, 4.69) is 0 Å². The van der Waals surface area contributed by atoms with Crippen molar-refractivity contribution in [1.82, 2.24) is 0 Å². The Bertz CT molecular complexity index is 375. The monoisotopic (exact) mass is 240 g/mol. The molecular formula is C12H16O5. The molecule has 1 aromatic carbocycles. The van der Waals surface area contributed by atoms with Gasteiger partial charge in [-0.15, -0.1) is 0 Å². The van der Waals surface area contributed by atoms with Crippen molar-refractivity contribution in [2.75, 3.05) is 20.3 Å². The molecule has 0 amide bonds. The molecule has 0 spiro atoms. The van der Waals surface area contributed by atoms with Crippen LogP contribution in [0.3, 0.4) is 0 Å². The standard InChI is InChI=1S/C12H16O5/c1-16-9-4-5-10(12(14)15)11(8-9)17-7-3-2-6-13/h4-5,8,13H,2-3,6-7H2,1H3,(H,14,15). The van der Waals surface area contributed by atoms with Crippen LogP contribution in [0.25, 0.3) is 0 Å². The topological polar surface area (TPSA) is 76.0 Å². The number of methoxy groups -OCH3 is 1. The largest absolute Gasteiger partial charge is 0.497 e. The van der Waals surface area contributed by atoms with Gasteiger partial charge in [0.2, 0.25) is 0 Å². The summed E-state index contributed by atoms with van der Waals surface area (Å²) in [5, 5.41) is 17.6. The van der Waals surface area contributed by atoms with Gasteiger partial charge in [0, 0.05) is 12.7 Å². The van der Waals surface area contributed by atoms with Crippen molar-refractivity contribution in [1.29, 1.82) is 0 Å². The number of carboxylic acid groups (broad SMARTS) is 1. The van der Waals surface area contributed by atoms with Crippen LogP contribution in [0.5, 0.6) is 11.5 Å². The van der Waals surface area contributed by atoms with Crippen molar-refractivity contribution in [3.05, 3.63) is 23.8 Å². The van der Waals surface area contributed by atoms with Crippen molar-refractivity contribution in [2.24, 2.45) is 0 Å². The minimum Gasteiger partial charge on any atom is -0.497 e. The van der Waals surface area contributed by atoms with E-state index in [1.54, 1.807) is 12.1 Å². The van der Waals surface area contributed by atoms with Gasteiger partial charge < -0.3 is 19.7 Å². The molecule has 0 aliphatic carbocycles. The number of hydrogen-bond acceptors (Lipinski definition) is 4. The second-order valence-corrected chi connectivity index (χ2v) is 3.45. The molecule has 1 rings (SSSR count). The van der Waals surface area contributed by atoms with E-state index in [1.807, 2.05) is 0 Å². The SMILES string of the molecule is COc1ccc(C(=O)O)c(OCCCCO)c1. The van der Waals surface area contributed by atoms with Crippen LogP contribution in [0, 0.1) is 0 Å². The van der Waals surface area contributed by atoms with Gasteiger partial charge >= 0.3 is 5.97 Å². The Kier molecular flexibility index (Phi) is 5.29. The summed E-state index contributed by atoms with van der Waals surface area (Å²) in [5.41, 5.74) is 0.106. The number of benzene rings is 1. The molecule has 17 heavy (non-hydrogen) atoms. The molecule has 0 fully saturated rings. The van der Waals surface area contributed by atoms with Crippen molar-refractivity contribution < 1.29 is 24.5 Å². The smallest absolute Gasteiger partial charge is 0.339 e. The lowest BCUT2D eigenvalue weighted by atomic mass is 10.2. The quantitative estimate of drug-likeness (QED) is 0.707. The Labute approximate surface area is 99.6 Å². The van der Waals surface area contributed by atoms with Gasteiger partial charge in [-0.3, -0.25) is 0 Å². The third-order valence-electron chi connectivity index (χ3n) is 2.23. The molecular weight excluding hydrogens is 224 g/mol. The maximum absolute atomic E-state index is 10.9. The van der Waals surface area contributed by atoms with Crippen molar-refractivity contribution in [3.8, 4) is 11.5 Å². The number of carboxylic acids is 1. The third kappa shape index (κ3) is 3.96. The number of rotatable bonds is 7. The highest BCUT2D eigenvalue weighted by molar-refractivity contribution is 5.91. The number of aliphatic hydroxyl groups excluding tert-OH is 1. The second-order valence-electron chi connectivity index (χ2n) is 3.45. The highest BCUT2D eigenvalue weighted by Crippen LogP contribution is 2.25. The molecule has 5 nitrogen and oxygen atoms in total. The van der Waals surface area contributed by atoms with E-state index in [1.165, 1.54) is 13.2 Å². The van der Waals surface area contributed by atoms with Gasteiger partial charge in [-0.05, 0) is 25.0 Å². The van der Waals surface area contributed by atoms with Gasteiger partial charge in [-0.2, -0.15) is 0 Å². The Morgan fingerprint density at radius 1 is 1.35 bits per heavy atom. The zero-order valence-electron chi connectivity index (χ0n) is 9.68. The van der Waals surface area contributed by atoms with Crippen LogP contribution in [-0.2, 0) is 0 Å². The molecule has 0 aliphatic rings. The summed E-state index contributed by atoms with van der Waals surface area (Å²) in [7, 11) is 1.51. The molecule has 0 atom stereocenters. The molecule has 0 unspecified atom stereocenters. The summed E-state index contributed by atoms with van der Waals surface area (Å²) in [6.07, 6.45) is 1.30. The minimum atomic E-state index is -1.04. The van der Waals surface area contributed by atoms with Crippen molar-refractivity contribution in [3.63, 3.8) is 0 Å². The number of aliphatic hydroxyl groups is 1. The van der Waals surface area contributed by atoms with Gasteiger partial charge in [0.25, 0.3) is 0 Å². The molecule has 0 aromatic heterocycles. The first-order valence-corrected chi connectivity index (χ1v) is 5.34. The number of hydrogen-bond donors (Lipinski definition) is 2. The molecule has 0 bridgehead atoms. The third-order valence-corrected chi connectivity index (χ3v) is 2.23. The van der Waals surface area contributed by atoms with Crippen LogP contribution in [0.4, 0.5) is 0 Å². The Morgan fingerprint density at radius 3 is 2.71 bits per heavy atom. The number of ether oxygens (including phenoxy) is 2. The number of carbonyl (C=O) groups is 1. The highest BCUT2D eigenvalue weighted by Gasteiger charge is 2.12. The fraction of sp³-hybridized carbons (Fsp3) is 0.417. The average Bonchev–Trinajstić information content (AvgIpc) is 2.34. The molecule has 0 saturated heterocycles. The van der Waals surface area contributed by atoms with E-state index < -0.39 is 5.97 Å².